The van der Waals surface area contributed by atoms with Gasteiger partial charge in [-0.3, -0.25) is 0 Å². The Balaban J connectivity index is 2.00. The minimum absolute atomic E-state index is 0.0181. The molecule has 1 saturated carbocycles. The molecular formula is C22H26N2O4. The molecule has 1 heterocycles. The molecule has 3 rings (SSSR count). The molecule has 0 saturated heterocycles. The molecule has 28 heavy (non-hydrogen) atoms. The van der Waals surface area contributed by atoms with Crippen LogP contribution in [-0.4, -0.2) is 18.7 Å². The molecule has 2 N–H and O–H groups in total. The summed E-state index contributed by atoms with van der Waals surface area (Å²) < 4.78 is 16.8. The quantitative estimate of drug-likeness (QED) is 0.752. The molecule has 1 aromatic rings. The Morgan fingerprint density at radius 1 is 1.32 bits per heavy atom. The van der Waals surface area contributed by atoms with Crippen molar-refractivity contribution in [3.63, 3.8) is 0 Å². The Labute approximate surface area is 165 Å². The summed E-state index contributed by atoms with van der Waals surface area (Å²) in [6, 6.07) is 9.79. The monoisotopic (exact) mass is 382 g/mol. The summed E-state index contributed by atoms with van der Waals surface area (Å²) >= 11 is 0. The third-order valence-electron chi connectivity index (χ3n) is 5.24. The van der Waals surface area contributed by atoms with E-state index in [1.54, 1.807) is 13.8 Å². The van der Waals surface area contributed by atoms with Gasteiger partial charge in [-0.05, 0) is 37.8 Å². The Morgan fingerprint density at radius 2 is 2.04 bits per heavy atom. The molecule has 1 atom stereocenters. The van der Waals surface area contributed by atoms with E-state index in [-0.39, 0.29) is 24.2 Å². The maximum Gasteiger partial charge on any atom is 0.338 e. The standard InChI is InChI=1S/C22H26N2O4/c1-3-26-22(25)19-14(2)28-21(24)18(12-23)20(19)17-11-7-4-8-15(17)13-27-16-9-5-6-10-16/h4,7-8,11,16,20H,3,5-6,9-10,13,24H2,1-2H3. The van der Waals surface area contributed by atoms with Gasteiger partial charge in [-0.25, -0.2) is 4.79 Å². The molecule has 0 aromatic heterocycles. The molecule has 1 aromatic carbocycles. The predicted molar refractivity (Wildman–Crippen MR) is 103 cm³/mol. The number of hydrogen-bond donors (Lipinski definition) is 1. The molecule has 0 amide bonds. The van der Waals surface area contributed by atoms with Crippen LogP contribution in [0.3, 0.4) is 0 Å². The second-order valence-corrected chi connectivity index (χ2v) is 7.03. The maximum atomic E-state index is 12.7. The lowest BCUT2D eigenvalue weighted by atomic mass is 9.81. The average molecular weight is 382 g/mol. The van der Waals surface area contributed by atoms with E-state index in [4.69, 9.17) is 19.9 Å². The highest BCUT2D eigenvalue weighted by Gasteiger charge is 2.37. The maximum absolute atomic E-state index is 12.7. The molecule has 0 bridgehead atoms. The Hall–Kier alpha value is -2.78. The van der Waals surface area contributed by atoms with Crippen LogP contribution in [0, 0.1) is 11.3 Å². The van der Waals surface area contributed by atoms with E-state index < -0.39 is 11.9 Å². The number of esters is 1. The lowest BCUT2D eigenvalue weighted by Crippen LogP contribution is -2.26. The van der Waals surface area contributed by atoms with Gasteiger partial charge < -0.3 is 19.9 Å². The van der Waals surface area contributed by atoms with Crippen LogP contribution in [0.2, 0.25) is 0 Å². The van der Waals surface area contributed by atoms with Gasteiger partial charge in [0, 0.05) is 0 Å². The number of ether oxygens (including phenoxy) is 3. The largest absolute Gasteiger partial charge is 0.463 e. The molecule has 1 fully saturated rings. The van der Waals surface area contributed by atoms with Crippen molar-refractivity contribution in [1.82, 2.24) is 0 Å². The van der Waals surface area contributed by atoms with Crippen molar-refractivity contribution in [2.45, 2.75) is 58.2 Å². The Kier molecular flexibility index (Phi) is 6.37. The van der Waals surface area contributed by atoms with Crippen molar-refractivity contribution in [1.29, 1.82) is 5.26 Å². The normalized spacial score (nSPS) is 20.1. The summed E-state index contributed by atoms with van der Waals surface area (Å²) in [6.45, 7) is 4.06. The van der Waals surface area contributed by atoms with E-state index in [0.29, 0.717) is 17.9 Å². The van der Waals surface area contributed by atoms with Crippen molar-refractivity contribution in [3.8, 4) is 6.07 Å². The number of nitrogens with zero attached hydrogens (tertiary/aromatic N) is 1. The first-order valence-corrected chi connectivity index (χ1v) is 9.71. The first-order valence-electron chi connectivity index (χ1n) is 9.71. The summed E-state index contributed by atoms with van der Waals surface area (Å²) in [5.74, 6) is -0.769. The number of rotatable bonds is 6. The van der Waals surface area contributed by atoms with Gasteiger partial charge in [-0.15, -0.1) is 0 Å². The molecule has 1 unspecified atom stereocenters. The van der Waals surface area contributed by atoms with Gasteiger partial charge in [-0.1, -0.05) is 37.1 Å². The van der Waals surface area contributed by atoms with E-state index in [0.717, 1.165) is 24.0 Å². The van der Waals surface area contributed by atoms with Crippen LogP contribution < -0.4 is 5.73 Å². The van der Waals surface area contributed by atoms with Gasteiger partial charge >= 0.3 is 5.97 Å². The van der Waals surface area contributed by atoms with Crippen molar-refractivity contribution in [2.24, 2.45) is 5.73 Å². The van der Waals surface area contributed by atoms with Crippen LogP contribution in [0.15, 0.2) is 47.1 Å². The highest BCUT2D eigenvalue weighted by Crippen LogP contribution is 2.41. The fourth-order valence-electron chi connectivity index (χ4n) is 3.88. The van der Waals surface area contributed by atoms with Gasteiger partial charge in [0.25, 0.3) is 0 Å². The number of carbonyl (C=O) groups excluding carboxylic acids is 1. The molecule has 1 aliphatic heterocycles. The van der Waals surface area contributed by atoms with Gasteiger partial charge in [0.1, 0.15) is 17.4 Å². The molecule has 2 aliphatic rings. The molecular weight excluding hydrogens is 356 g/mol. The van der Waals surface area contributed by atoms with Crippen LogP contribution in [0.5, 0.6) is 0 Å². The topological polar surface area (TPSA) is 94.6 Å². The van der Waals surface area contributed by atoms with E-state index in [1.807, 2.05) is 24.3 Å². The zero-order valence-electron chi connectivity index (χ0n) is 16.4. The Morgan fingerprint density at radius 3 is 2.71 bits per heavy atom. The average Bonchev–Trinajstić information content (AvgIpc) is 3.20. The van der Waals surface area contributed by atoms with E-state index in [9.17, 15) is 10.1 Å². The van der Waals surface area contributed by atoms with Crippen LogP contribution in [0.1, 0.15) is 56.6 Å². The van der Waals surface area contributed by atoms with Crippen LogP contribution in [0.25, 0.3) is 0 Å². The first-order chi connectivity index (χ1) is 13.6. The van der Waals surface area contributed by atoms with Gasteiger partial charge in [0.05, 0.1) is 30.8 Å². The number of nitrogens with two attached hydrogens (primary N) is 1. The van der Waals surface area contributed by atoms with E-state index in [1.165, 1.54) is 12.8 Å². The molecule has 1 aliphatic carbocycles. The number of hydrogen-bond acceptors (Lipinski definition) is 6. The van der Waals surface area contributed by atoms with Gasteiger partial charge in [0.2, 0.25) is 5.88 Å². The zero-order valence-corrected chi connectivity index (χ0v) is 16.4. The van der Waals surface area contributed by atoms with Crippen LogP contribution in [-0.2, 0) is 25.6 Å². The summed E-state index contributed by atoms with van der Waals surface area (Å²) in [6.07, 6.45) is 4.80. The summed E-state index contributed by atoms with van der Waals surface area (Å²) in [7, 11) is 0. The summed E-state index contributed by atoms with van der Waals surface area (Å²) in [5.41, 5.74) is 8.24. The number of benzene rings is 1. The Bertz CT molecular complexity index is 844. The molecule has 148 valence electrons. The third kappa shape index (κ3) is 4.05. The number of carbonyl (C=O) groups is 1. The molecule has 6 heteroatoms. The fourth-order valence-corrected chi connectivity index (χ4v) is 3.88. The summed E-state index contributed by atoms with van der Waals surface area (Å²) in [4.78, 5) is 12.7. The van der Waals surface area contributed by atoms with Gasteiger partial charge in [0.15, 0.2) is 0 Å². The zero-order chi connectivity index (χ0) is 20.1. The van der Waals surface area contributed by atoms with Crippen molar-refractivity contribution in [3.05, 3.63) is 58.2 Å². The van der Waals surface area contributed by atoms with Crippen LogP contribution in [0.4, 0.5) is 0 Å². The second kappa shape index (κ2) is 8.94. The first kappa shape index (κ1) is 20.0. The lowest BCUT2D eigenvalue weighted by molar-refractivity contribution is -0.139. The van der Waals surface area contributed by atoms with Crippen molar-refractivity contribution < 1.29 is 19.0 Å². The van der Waals surface area contributed by atoms with Crippen molar-refractivity contribution in [2.75, 3.05) is 6.61 Å². The SMILES string of the molecule is CCOC(=O)C1=C(C)OC(N)=C(C#N)C1c1ccccc1COC1CCCC1. The highest BCUT2D eigenvalue weighted by atomic mass is 16.5. The van der Waals surface area contributed by atoms with E-state index >= 15 is 0 Å². The molecule has 6 nitrogen and oxygen atoms in total. The summed E-state index contributed by atoms with van der Waals surface area (Å²) in [5, 5.41) is 9.73. The van der Waals surface area contributed by atoms with E-state index in [2.05, 4.69) is 6.07 Å². The molecule has 0 radical (unpaired) electrons. The third-order valence-corrected chi connectivity index (χ3v) is 5.24. The molecule has 0 spiro atoms. The lowest BCUT2D eigenvalue weighted by Gasteiger charge is -2.28. The minimum atomic E-state index is -0.638. The van der Waals surface area contributed by atoms with Gasteiger partial charge in [-0.2, -0.15) is 5.26 Å². The predicted octanol–water partition coefficient (Wildman–Crippen LogP) is 3.79. The number of allylic oxidation sites excluding steroid dienone is 2. The fraction of sp³-hybridized carbons (Fsp3) is 0.455. The minimum Gasteiger partial charge on any atom is -0.463 e. The second-order valence-electron chi connectivity index (χ2n) is 7.03. The van der Waals surface area contributed by atoms with Crippen molar-refractivity contribution >= 4 is 5.97 Å². The van der Waals surface area contributed by atoms with Crippen LogP contribution >= 0.6 is 0 Å². The number of nitriles is 1. The highest BCUT2D eigenvalue weighted by molar-refractivity contribution is 5.92. The smallest absolute Gasteiger partial charge is 0.338 e.